The standard InChI is InChI=1S/C8H15N5/c1-8(2,3)4-5-10-12-7-9-6-11-13-7/h5-6H,4H2,1-3H3,(H2,9,11,12,13)/b10-5+. The van der Waals surface area contributed by atoms with E-state index in [0.717, 1.165) is 6.42 Å². The van der Waals surface area contributed by atoms with Gasteiger partial charge in [-0.15, -0.1) is 0 Å². The number of aromatic amines is 1. The maximum atomic E-state index is 3.99. The number of nitrogens with one attached hydrogen (secondary N) is 2. The third-order valence-corrected chi connectivity index (χ3v) is 1.38. The molecule has 1 aromatic heterocycles. The molecule has 13 heavy (non-hydrogen) atoms. The highest BCUT2D eigenvalue weighted by molar-refractivity contribution is 5.59. The van der Waals surface area contributed by atoms with Crippen LogP contribution in [-0.4, -0.2) is 21.4 Å². The Morgan fingerprint density at radius 2 is 2.38 bits per heavy atom. The van der Waals surface area contributed by atoms with Gasteiger partial charge in [0, 0.05) is 6.21 Å². The SMILES string of the molecule is CC(C)(C)C/C=N/Nc1ncn[nH]1. The van der Waals surface area contributed by atoms with Crippen LogP contribution in [-0.2, 0) is 0 Å². The molecule has 0 aliphatic heterocycles. The van der Waals surface area contributed by atoms with Gasteiger partial charge in [-0.2, -0.15) is 15.2 Å². The van der Waals surface area contributed by atoms with Crippen LogP contribution in [0.3, 0.4) is 0 Å². The zero-order chi connectivity index (χ0) is 9.73. The Labute approximate surface area is 77.7 Å². The summed E-state index contributed by atoms with van der Waals surface area (Å²) in [5.74, 6) is 0.560. The monoisotopic (exact) mass is 181 g/mol. The Kier molecular flexibility index (Phi) is 3.00. The number of hydrogen-bond donors (Lipinski definition) is 2. The molecule has 0 atom stereocenters. The maximum absolute atomic E-state index is 3.99. The van der Waals surface area contributed by atoms with Gasteiger partial charge in [0.2, 0.25) is 5.95 Å². The molecule has 5 heteroatoms. The topological polar surface area (TPSA) is 66.0 Å². The molecule has 1 aromatic rings. The van der Waals surface area contributed by atoms with Crippen molar-refractivity contribution >= 4 is 12.2 Å². The molecule has 0 bridgehead atoms. The van der Waals surface area contributed by atoms with Crippen LogP contribution in [0.4, 0.5) is 5.95 Å². The van der Waals surface area contributed by atoms with Gasteiger partial charge in [0.05, 0.1) is 0 Å². The van der Waals surface area contributed by atoms with E-state index in [1.807, 2.05) is 6.21 Å². The number of anilines is 1. The largest absolute Gasteiger partial charge is 0.246 e. The number of hydrazone groups is 1. The summed E-state index contributed by atoms with van der Waals surface area (Å²) < 4.78 is 0. The van der Waals surface area contributed by atoms with Crippen LogP contribution in [0.2, 0.25) is 0 Å². The lowest BCUT2D eigenvalue weighted by molar-refractivity contribution is 0.437. The fraction of sp³-hybridized carbons (Fsp3) is 0.625. The first kappa shape index (κ1) is 9.70. The Morgan fingerprint density at radius 1 is 1.62 bits per heavy atom. The van der Waals surface area contributed by atoms with Crippen molar-refractivity contribution in [3.05, 3.63) is 6.33 Å². The Morgan fingerprint density at radius 3 is 2.92 bits per heavy atom. The van der Waals surface area contributed by atoms with Crippen molar-refractivity contribution in [3.63, 3.8) is 0 Å². The quantitative estimate of drug-likeness (QED) is 0.550. The second-order valence-corrected chi connectivity index (χ2v) is 4.02. The molecule has 0 saturated heterocycles. The number of hydrogen-bond acceptors (Lipinski definition) is 4. The van der Waals surface area contributed by atoms with E-state index in [-0.39, 0.29) is 5.41 Å². The third-order valence-electron chi connectivity index (χ3n) is 1.38. The predicted octanol–water partition coefficient (Wildman–Crippen LogP) is 1.64. The molecule has 2 N–H and O–H groups in total. The molecule has 0 aromatic carbocycles. The molecule has 0 radical (unpaired) electrons. The number of aromatic nitrogens is 3. The van der Waals surface area contributed by atoms with E-state index in [1.54, 1.807) is 0 Å². The van der Waals surface area contributed by atoms with Crippen molar-refractivity contribution in [2.75, 3.05) is 5.43 Å². The van der Waals surface area contributed by atoms with E-state index < -0.39 is 0 Å². The minimum Gasteiger partial charge on any atom is -0.246 e. The van der Waals surface area contributed by atoms with Gasteiger partial charge in [-0.25, -0.2) is 10.5 Å². The predicted molar refractivity (Wildman–Crippen MR) is 52.6 cm³/mol. The summed E-state index contributed by atoms with van der Waals surface area (Å²) in [7, 11) is 0. The molecule has 5 nitrogen and oxygen atoms in total. The van der Waals surface area contributed by atoms with Crippen molar-refractivity contribution in [2.24, 2.45) is 10.5 Å². The van der Waals surface area contributed by atoms with E-state index in [0.29, 0.717) is 5.95 Å². The van der Waals surface area contributed by atoms with Crippen LogP contribution >= 0.6 is 0 Å². The van der Waals surface area contributed by atoms with Crippen LogP contribution in [0.25, 0.3) is 0 Å². The van der Waals surface area contributed by atoms with Crippen LogP contribution in [0.5, 0.6) is 0 Å². The molecule has 0 aliphatic carbocycles. The van der Waals surface area contributed by atoms with Crippen molar-refractivity contribution in [3.8, 4) is 0 Å². The summed E-state index contributed by atoms with van der Waals surface area (Å²) in [6.07, 6.45) is 4.19. The zero-order valence-electron chi connectivity index (χ0n) is 8.20. The first-order chi connectivity index (χ1) is 6.08. The number of rotatable bonds is 3. The van der Waals surface area contributed by atoms with Crippen molar-refractivity contribution in [2.45, 2.75) is 27.2 Å². The molecular formula is C8H15N5. The summed E-state index contributed by atoms with van der Waals surface area (Å²) in [5, 5.41) is 10.3. The van der Waals surface area contributed by atoms with E-state index in [4.69, 9.17) is 0 Å². The molecule has 0 unspecified atom stereocenters. The Balaban J connectivity index is 2.27. The summed E-state index contributed by atoms with van der Waals surface area (Å²) in [5.41, 5.74) is 3.01. The molecule has 0 aliphatic rings. The molecule has 1 heterocycles. The zero-order valence-corrected chi connectivity index (χ0v) is 8.20. The fourth-order valence-corrected chi connectivity index (χ4v) is 0.686. The number of nitrogens with zero attached hydrogens (tertiary/aromatic N) is 3. The van der Waals surface area contributed by atoms with Gasteiger partial charge in [0.25, 0.3) is 0 Å². The lowest BCUT2D eigenvalue weighted by atomic mass is 9.93. The highest BCUT2D eigenvalue weighted by Crippen LogP contribution is 2.15. The third kappa shape index (κ3) is 4.25. The van der Waals surface area contributed by atoms with Gasteiger partial charge in [-0.3, -0.25) is 0 Å². The lowest BCUT2D eigenvalue weighted by Gasteiger charge is -2.13. The van der Waals surface area contributed by atoms with Crippen LogP contribution in [0, 0.1) is 5.41 Å². The first-order valence-electron chi connectivity index (χ1n) is 4.21. The summed E-state index contributed by atoms with van der Waals surface area (Å²) in [6, 6.07) is 0. The van der Waals surface area contributed by atoms with Crippen molar-refractivity contribution in [1.82, 2.24) is 15.2 Å². The molecule has 0 saturated carbocycles. The van der Waals surface area contributed by atoms with Crippen LogP contribution < -0.4 is 5.43 Å². The minimum absolute atomic E-state index is 0.270. The highest BCUT2D eigenvalue weighted by atomic mass is 15.4. The first-order valence-corrected chi connectivity index (χ1v) is 4.21. The van der Waals surface area contributed by atoms with E-state index in [1.165, 1.54) is 6.33 Å². The van der Waals surface area contributed by atoms with E-state index in [2.05, 4.69) is 46.5 Å². The molecule has 72 valence electrons. The summed E-state index contributed by atoms with van der Waals surface area (Å²) >= 11 is 0. The van der Waals surface area contributed by atoms with Gasteiger partial charge in [0.15, 0.2) is 0 Å². The van der Waals surface area contributed by atoms with Gasteiger partial charge in [-0.05, 0) is 11.8 Å². The molecule has 0 amide bonds. The summed E-state index contributed by atoms with van der Waals surface area (Å²) in [6.45, 7) is 6.48. The molecule has 0 spiro atoms. The fourth-order valence-electron chi connectivity index (χ4n) is 0.686. The van der Waals surface area contributed by atoms with Crippen molar-refractivity contribution < 1.29 is 0 Å². The summed E-state index contributed by atoms with van der Waals surface area (Å²) in [4.78, 5) is 3.86. The molecular weight excluding hydrogens is 166 g/mol. The normalized spacial score (nSPS) is 12.2. The number of H-pyrrole nitrogens is 1. The van der Waals surface area contributed by atoms with Crippen LogP contribution in [0.15, 0.2) is 11.4 Å². The highest BCUT2D eigenvalue weighted by Gasteiger charge is 2.06. The maximum Gasteiger partial charge on any atom is 0.239 e. The van der Waals surface area contributed by atoms with E-state index >= 15 is 0 Å². The van der Waals surface area contributed by atoms with Gasteiger partial charge in [0.1, 0.15) is 6.33 Å². The Hall–Kier alpha value is -1.39. The smallest absolute Gasteiger partial charge is 0.239 e. The Bertz CT molecular complexity index is 257. The average Bonchev–Trinajstić information content (AvgIpc) is 2.48. The van der Waals surface area contributed by atoms with Gasteiger partial charge in [-0.1, -0.05) is 20.8 Å². The van der Waals surface area contributed by atoms with Gasteiger partial charge < -0.3 is 0 Å². The molecule has 1 rings (SSSR count). The molecule has 0 fully saturated rings. The second kappa shape index (κ2) is 4.02. The van der Waals surface area contributed by atoms with Crippen LogP contribution in [0.1, 0.15) is 27.2 Å². The second-order valence-electron chi connectivity index (χ2n) is 4.02. The van der Waals surface area contributed by atoms with Gasteiger partial charge >= 0.3 is 0 Å². The lowest BCUT2D eigenvalue weighted by Crippen LogP contribution is -2.05. The average molecular weight is 181 g/mol. The van der Waals surface area contributed by atoms with Crippen molar-refractivity contribution in [1.29, 1.82) is 0 Å². The minimum atomic E-state index is 0.270. The van der Waals surface area contributed by atoms with E-state index in [9.17, 15) is 0 Å².